The summed E-state index contributed by atoms with van der Waals surface area (Å²) in [5, 5.41) is 13.4. The third-order valence-electron chi connectivity index (χ3n) is 3.95. The van der Waals surface area contributed by atoms with Crippen LogP contribution in [0.1, 0.15) is 64.7 Å². The number of carbonyl (C=O) groups is 1. The van der Waals surface area contributed by atoms with Crippen LogP contribution in [0.5, 0.6) is 5.75 Å². The predicted molar refractivity (Wildman–Crippen MR) is 95.9 cm³/mol. The summed E-state index contributed by atoms with van der Waals surface area (Å²) in [6.07, 6.45) is 0.875. The van der Waals surface area contributed by atoms with Gasteiger partial charge in [0.1, 0.15) is 5.75 Å². The number of hydrogen-bond acceptors (Lipinski definition) is 3. The Hall–Kier alpha value is -1.55. The number of nitrogens with two attached hydrogens (primary N) is 1. The molecule has 0 unspecified atom stereocenters. The standard InChI is InChI=1S/C19H32N2O2/c1-18(2,3)14-11-13(7-8-16(22)21-10-9-20)17(23)15(12-14)19(4,5)6/h11-12,23H,7-10,20H2,1-6H3,(H,21,22). The van der Waals surface area contributed by atoms with E-state index in [0.717, 1.165) is 11.1 Å². The van der Waals surface area contributed by atoms with E-state index >= 15 is 0 Å². The Kier molecular flexibility index (Phi) is 6.23. The van der Waals surface area contributed by atoms with E-state index in [1.165, 1.54) is 5.56 Å². The molecule has 1 aromatic rings. The number of amides is 1. The lowest BCUT2D eigenvalue weighted by Crippen LogP contribution is -2.29. The lowest BCUT2D eigenvalue weighted by atomic mass is 9.78. The molecule has 130 valence electrons. The maximum absolute atomic E-state index is 11.8. The molecule has 23 heavy (non-hydrogen) atoms. The van der Waals surface area contributed by atoms with Gasteiger partial charge in [0.15, 0.2) is 0 Å². The van der Waals surface area contributed by atoms with Crippen molar-refractivity contribution in [3.05, 3.63) is 28.8 Å². The Morgan fingerprint density at radius 2 is 1.74 bits per heavy atom. The molecule has 0 saturated carbocycles. The van der Waals surface area contributed by atoms with Gasteiger partial charge in [-0.25, -0.2) is 0 Å². The molecular weight excluding hydrogens is 288 g/mol. The molecule has 0 aliphatic rings. The third-order valence-corrected chi connectivity index (χ3v) is 3.95. The van der Waals surface area contributed by atoms with Crippen LogP contribution in [0.4, 0.5) is 0 Å². The van der Waals surface area contributed by atoms with Gasteiger partial charge in [-0.2, -0.15) is 0 Å². The van der Waals surface area contributed by atoms with Crippen molar-refractivity contribution in [1.29, 1.82) is 0 Å². The van der Waals surface area contributed by atoms with Crippen molar-refractivity contribution in [2.75, 3.05) is 13.1 Å². The summed E-state index contributed by atoms with van der Waals surface area (Å²) in [6.45, 7) is 13.7. The molecule has 0 radical (unpaired) electrons. The summed E-state index contributed by atoms with van der Waals surface area (Å²) < 4.78 is 0. The first-order chi connectivity index (χ1) is 10.5. The summed E-state index contributed by atoms with van der Waals surface area (Å²) in [7, 11) is 0. The summed E-state index contributed by atoms with van der Waals surface area (Å²) in [6, 6.07) is 4.12. The summed E-state index contributed by atoms with van der Waals surface area (Å²) >= 11 is 0. The predicted octanol–water partition coefficient (Wildman–Crippen LogP) is 2.99. The van der Waals surface area contributed by atoms with Gasteiger partial charge in [-0.05, 0) is 33.9 Å². The van der Waals surface area contributed by atoms with Gasteiger partial charge >= 0.3 is 0 Å². The van der Waals surface area contributed by atoms with Crippen molar-refractivity contribution >= 4 is 5.91 Å². The van der Waals surface area contributed by atoms with Crippen molar-refractivity contribution in [3.63, 3.8) is 0 Å². The molecule has 0 fully saturated rings. The number of phenols is 1. The second kappa shape index (κ2) is 7.35. The van der Waals surface area contributed by atoms with Gasteiger partial charge in [0, 0.05) is 19.5 Å². The fourth-order valence-corrected chi connectivity index (χ4v) is 2.44. The number of aryl methyl sites for hydroxylation is 1. The van der Waals surface area contributed by atoms with Gasteiger partial charge in [-0.1, -0.05) is 53.7 Å². The second-order valence-corrected chi connectivity index (χ2v) is 8.17. The van der Waals surface area contributed by atoms with Gasteiger partial charge in [0.25, 0.3) is 0 Å². The van der Waals surface area contributed by atoms with E-state index in [4.69, 9.17) is 5.73 Å². The maximum Gasteiger partial charge on any atom is 0.220 e. The lowest BCUT2D eigenvalue weighted by molar-refractivity contribution is -0.120. The largest absolute Gasteiger partial charge is 0.507 e. The van der Waals surface area contributed by atoms with E-state index in [-0.39, 0.29) is 16.7 Å². The number of benzene rings is 1. The average Bonchev–Trinajstić information content (AvgIpc) is 2.41. The Morgan fingerprint density at radius 1 is 1.13 bits per heavy atom. The molecule has 0 saturated heterocycles. The van der Waals surface area contributed by atoms with Crippen LogP contribution < -0.4 is 11.1 Å². The highest BCUT2D eigenvalue weighted by atomic mass is 16.3. The molecule has 1 aromatic carbocycles. The molecule has 1 rings (SSSR count). The van der Waals surface area contributed by atoms with Crippen molar-refractivity contribution in [1.82, 2.24) is 5.32 Å². The molecule has 0 heterocycles. The van der Waals surface area contributed by atoms with E-state index in [1.54, 1.807) is 0 Å². The highest BCUT2D eigenvalue weighted by Gasteiger charge is 2.24. The van der Waals surface area contributed by atoms with Gasteiger partial charge < -0.3 is 16.2 Å². The number of carbonyl (C=O) groups excluding carboxylic acids is 1. The number of aromatic hydroxyl groups is 1. The number of phenolic OH excluding ortho intramolecular Hbond substituents is 1. The SMILES string of the molecule is CC(C)(C)c1cc(CCC(=O)NCCN)c(O)c(C(C)(C)C)c1. The van der Waals surface area contributed by atoms with Gasteiger partial charge in [-0.15, -0.1) is 0 Å². The van der Waals surface area contributed by atoms with Gasteiger partial charge in [0.05, 0.1) is 0 Å². The highest BCUT2D eigenvalue weighted by molar-refractivity contribution is 5.76. The number of rotatable bonds is 5. The third kappa shape index (κ3) is 5.54. The van der Waals surface area contributed by atoms with Crippen molar-refractivity contribution in [2.24, 2.45) is 5.73 Å². The Balaban J connectivity index is 3.13. The molecule has 1 amide bonds. The Labute approximate surface area is 140 Å². The zero-order valence-corrected chi connectivity index (χ0v) is 15.4. The first-order valence-electron chi connectivity index (χ1n) is 8.30. The van der Waals surface area contributed by atoms with Crippen molar-refractivity contribution < 1.29 is 9.90 Å². The zero-order valence-electron chi connectivity index (χ0n) is 15.4. The molecule has 0 aliphatic heterocycles. The van der Waals surface area contributed by atoms with Gasteiger partial charge in [0.2, 0.25) is 5.91 Å². The minimum absolute atomic E-state index is 0.00966. The van der Waals surface area contributed by atoms with E-state index in [1.807, 2.05) is 6.07 Å². The Bertz CT molecular complexity index is 552. The van der Waals surface area contributed by atoms with Crippen LogP contribution in [-0.2, 0) is 22.0 Å². The zero-order chi connectivity index (χ0) is 17.8. The minimum atomic E-state index is -0.151. The van der Waals surface area contributed by atoms with Gasteiger partial charge in [-0.3, -0.25) is 4.79 Å². The molecular formula is C19H32N2O2. The minimum Gasteiger partial charge on any atom is -0.507 e. The number of nitrogens with one attached hydrogen (secondary N) is 1. The van der Waals surface area contributed by atoms with Crippen LogP contribution in [0.25, 0.3) is 0 Å². The molecule has 4 heteroatoms. The molecule has 4 N–H and O–H groups in total. The molecule has 0 aliphatic carbocycles. The number of hydrogen-bond donors (Lipinski definition) is 3. The van der Waals surface area contributed by atoms with E-state index < -0.39 is 0 Å². The first kappa shape index (κ1) is 19.5. The smallest absolute Gasteiger partial charge is 0.220 e. The molecule has 0 spiro atoms. The summed E-state index contributed by atoms with van der Waals surface area (Å²) in [4.78, 5) is 11.8. The van der Waals surface area contributed by atoms with Crippen LogP contribution in [0, 0.1) is 0 Å². The van der Waals surface area contributed by atoms with Crippen molar-refractivity contribution in [2.45, 2.75) is 65.2 Å². The van der Waals surface area contributed by atoms with Crippen LogP contribution in [0.2, 0.25) is 0 Å². The lowest BCUT2D eigenvalue weighted by Gasteiger charge is -2.27. The van der Waals surface area contributed by atoms with Crippen LogP contribution >= 0.6 is 0 Å². The van der Waals surface area contributed by atoms with Crippen molar-refractivity contribution in [3.8, 4) is 5.75 Å². The molecule has 4 nitrogen and oxygen atoms in total. The quantitative estimate of drug-likeness (QED) is 0.780. The fraction of sp³-hybridized carbons (Fsp3) is 0.632. The highest BCUT2D eigenvalue weighted by Crippen LogP contribution is 2.38. The summed E-state index contributed by atoms with van der Waals surface area (Å²) in [5.74, 6) is 0.283. The van der Waals surface area contributed by atoms with E-state index in [0.29, 0.717) is 31.7 Å². The molecule has 0 bridgehead atoms. The topological polar surface area (TPSA) is 75.4 Å². The average molecular weight is 320 g/mol. The van der Waals surface area contributed by atoms with E-state index in [2.05, 4.69) is 52.9 Å². The van der Waals surface area contributed by atoms with E-state index in [9.17, 15) is 9.90 Å². The monoisotopic (exact) mass is 320 g/mol. The van der Waals surface area contributed by atoms with Crippen LogP contribution in [-0.4, -0.2) is 24.1 Å². The second-order valence-electron chi connectivity index (χ2n) is 8.17. The first-order valence-corrected chi connectivity index (χ1v) is 8.30. The molecule has 0 aromatic heterocycles. The molecule has 0 atom stereocenters. The van der Waals surface area contributed by atoms with Crippen LogP contribution in [0.15, 0.2) is 12.1 Å². The summed E-state index contributed by atoms with van der Waals surface area (Å²) in [5.41, 5.74) is 8.18. The fourth-order valence-electron chi connectivity index (χ4n) is 2.44. The maximum atomic E-state index is 11.8. The van der Waals surface area contributed by atoms with Crippen LogP contribution in [0.3, 0.4) is 0 Å². The normalized spacial score (nSPS) is 12.3. The Morgan fingerprint density at radius 3 is 2.22 bits per heavy atom.